The lowest BCUT2D eigenvalue weighted by atomic mass is 10.2. The molecule has 1 aromatic heterocycles. The molecule has 1 aromatic carbocycles. The maximum atomic E-state index is 13.9. The van der Waals surface area contributed by atoms with E-state index in [2.05, 4.69) is 4.98 Å². The van der Waals surface area contributed by atoms with Crippen molar-refractivity contribution in [1.82, 2.24) is 4.98 Å². The number of hydrogen-bond donors (Lipinski definition) is 3. The first-order chi connectivity index (χ1) is 10.8. The van der Waals surface area contributed by atoms with E-state index < -0.39 is 41.4 Å². The molecule has 0 unspecified atom stereocenters. The Kier molecular flexibility index (Phi) is 4.69. The molecule has 9 heteroatoms. The molecule has 0 aliphatic heterocycles. The van der Waals surface area contributed by atoms with Crippen LogP contribution in [0.1, 0.15) is 6.42 Å². The highest BCUT2D eigenvalue weighted by Crippen LogP contribution is 2.29. The van der Waals surface area contributed by atoms with Crippen molar-refractivity contribution in [1.29, 1.82) is 0 Å². The molecule has 0 aliphatic rings. The van der Waals surface area contributed by atoms with Crippen LogP contribution < -0.4 is 15.8 Å². The molecule has 120 valence electrons. The standard InChI is InChI=1S/C14H11F2N3O4/c15-8-5-11(23-7-1-2-18-12(17)3-7)9(16)4-10(8)19-13(20)6-14(21)22/h1-5H,6H2,(H2,17,18)(H,19,20)(H,21,22). The molecule has 0 radical (unpaired) electrons. The van der Waals surface area contributed by atoms with E-state index in [9.17, 15) is 18.4 Å². The Morgan fingerprint density at radius 1 is 1.26 bits per heavy atom. The normalized spacial score (nSPS) is 10.2. The van der Waals surface area contributed by atoms with E-state index >= 15 is 0 Å². The van der Waals surface area contributed by atoms with Crippen molar-refractivity contribution in [3.63, 3.8) is 0 Å². The number of nitrogens with one attached hydrogen (secondary N) is 1. The van der Waals surface area contributed by atoms with Crippen LogP contribution in [0.5, 0.6) is 11.5 Å². The van der Waals surface area contributed by atoms with E-state index in [4.69, 9.17) is 15.6 Å². The third-order valence-corrected chi connectivity index (χ3v) is 2.59. The predicted octanol–water partition coefficient (Wildman–Crippen LogP) is 2.15. The fraction of sp³-hybridized carbons (Fsp3) is 0.0714. The summed E-state index contributed by atoms with van der Waals surface area (Å²) < 4.78 is 32.9. The molecule has 23 heavy (non-hydrogen) atoms. The number of pyridine rings is 1. The Bertz CT molecular complexity index is 768. The summed E-state index contributed by atoms with van der Waals surface area (Å²) in [4.78, 5) is 25.4. The number of amides is 1. The van der Waals surface area contributed by atoms with Crippen molar-refractivity contribution in [3.05, 3.63) is 42.1 Å². The molecule has 4 N–H and O–H groups in total. The fourth-order valence-electron chi connectivity index (χ4n) is 1.65. The number of hydrogen-bond acceptors (Lipinski definition) is 5. The van der Waals surface area contributed by atoms with Crippen molar-refractivity contribution in [3.8, 4) is 11.5 Å². The molecule has 0 bridgehead atoms. The number of halogens is 2. The minimum Gasteiger partial charge on any atom is -0.481 e. The van der Waals surface area contributed by atoms with Crippen LogP contribution in [0.2, 0.25) is 0 Å². The van der Waals surface area contributed by atoms with Gasteiger partial charge in [-0.25, -0.2) is 13.8 Å². The molecule has 0 saturated carbocycles. The van der Waals surface area contributed by atoms with E-state index in [0.717, 1.165) is 6.07 Å². The first-order valence-corrected chi connectivity index (χ1v) is 6.25. The minimum absolute atomic E-state index is 0.140. The number of nitrogen functional groups attached to an aromatic ring is 1. The number of carbonyl (C=O) groups excluding carboxylic acids is 1. The van der Waals surface area contributed by atoms with Gasteiger partial charge in [-0.3, -0.25) is 9.59 Å². The largest absolute Gasteiger partial charge is 0.481 e. The smallest absolute Gasteiger partial charge is 0.312 e. The summed E-state index contributed by atoms with van der Waals surface area (Å²) in [6.07, 6.45) is 0.467. The lowest BCUT2D eigenvalue weighted by Gasteiger charge is -2.10. The molecular weight excluding hydrogens is 312 g/mol. The average molecular weight is 323 g/mol. The van der Waals surface area contributed by atoms with Gasteiger partial charge in [0.25, 0.3) is 0 Å². The predicted molar refractivity (Wildman–Crippen MR) is 76.0 cm³/mol. The van der Waals surface area contributed by atoms with Gasteiger partial charge in [-0.2, -0.15) is 0 Å². The van der Waals surface area contributed by atoms with Crippen molar-refractivity contribution < 1.29 is 28.2 Å². The lowest BCUT2D eigenvalue weighted by Crippen LogP contribution is -2.17. The van der Waals surface area contributed by atoms with Gasteiger partial charge < -0.3 is 20.9 Å². The first kappa shape index (κ1) is 16.1. The number of nitrogens with two attached hydrogens (primary N) is 1. The van der Waals surface area contributed by atoms with E-state index in [1.54, 1.807) is 0 Å². The summed E-state index contributed by atoms with van der Waals surface area (Å²) >= 11 is 0. The van der Waals surface area contributed by atoms with Gasteiger partial charge >= 0.3 is 5.97 Å². The van der Waals surface area contributed by atoms with Gasteiger partial charge in [-0.15, -0.1) is 0 Å². The number of aromatic nitrogens is 1. The Morgan fingerprint density at radius 2 is 2.00 bits per heavy atom. The minimum atomic E-state index is -1.39. The Morgan fingerprint density at radius 3 is 2.65 bits per heavy atom. The number of carboxylic acids is 1. The van der Waals surface area contributed by atoms with Crippen LogP contribution in [0, 0.1) is 11.6 Å². The fourth-order valence-corrected chi connectivity index (χ4v) is 1.65. The van der Waals surface area contributed by atoms with Crippen LogP contribution in [0.3, 0.4) is 0 Å². The molecule has 0 aliphatic carbocycles. The number of ether oxygens (including phenoxy) is 1. The lowest BCUT2D eigenvalue weighted by molar-refractivity contribution is -0.139. The summed E-state index contributed by atoms with van der Waals surface area (Å²) in [7, 11) is 0. The Labute approximate surface area is 128 Å². The summed E-state index contributed by atoms with van der Waals surface area (Å²) in [6.45, 7) is 0. The molecule has 7 nitrogen and oxygen atoms in total. The first-order valence-electron chi connectivity index (χ1n) is 6.25. The summed E-state index contributed by atoms with van der Waals surface area (Å²) in [5.74, 6) is -4.44. The second kappa shape index (κ2) is 6.69. The van der Waals surface area contributed by atoms with Crippen molar-refractivity contribution in [2.45, 2.75) is 6.42 Å². The molecule has 1 heterocycles. The number of carbonyl (C=O) groups is 2. The number of rotatable bonds is 5. The zero-order valence-corrected chi connectivity index (χ0v) is 11.5. The molecule has 2 rings (SSSR count). The molecular formula is C14H11F2N3O4. The van der Waals surface area contributed by atoms with E-state index in [-0.39, 0.29) is 11.6 Å². The van der Waals surface area contributed by atoms with Crippen molar-refractivity contribution in [2.24, 2.45) is 0 Å². The topological polar surface area (TPSA) is 115 Å². The van der Waals surface area contributed by atoms with E-state index in [0.29, 0.717) is 6.07 Å². The highest BCUT2D eigenvalue weighted by molar-refractivity contribution is 6.01. The van der Waals surface area contributed by atoms with Gasteiger partial charge in [0, 0.05) is 24.4 Å². The molecule has 0 saturated heterocycles. The highest BCUT2D eigenvalue weighted by Gasteiger charge is 2.15. The third-order valence-electron chi connectivity index (χ3n) is 2.59. The second-order valence-electron chi connectivity index (χ2n) is 4.40. The van der Waals surface area contributed by atoms with Crippen LogP contribution in [-0.2, 0) is 9.59 Å². The number of anilines is 2. The van der Waals surface area contributed by atoms with E-state index in [1.165, 1.54) is 18.3 Å². The highest BCUT2D eigenvalue weighted by atomic mass is 19.1. The van der Waals surface area contributed by atoms with Gasteiger partial charge in [-0.1, -0.05) is 0 Å². The number of aliphatic carboxylic acids is 1. The maximum absolute atomic E-state index is 13.9. The molecule has 2 aromatic rings. The van der Waals surface area contributed by atoms with Crippen molar-refractivity contribution in [2.75, 3.05) is 11.1 Å². The van der Waals surface area contributed by atoms with Gasteiger partial charge in [0.1, 0.15) is 18.0 Å². The monoisotopic (exact) mass is 323 g/mol. The SMILES string of the molecule is Nc1cc(Oc2cc(F)c(NC(=O)CC(=O)O)cc2F)ccn1. The van der Waals surface area contributed by atoms with Gasteiger partial charge in [-0.05, 0) is 6.07 Å². The van der Waals surface area contributed by atoms with Crippen molar-refractivity contribution >= 4 is 23.4 Å². The summed E-state index contributed by atoms with van der Waals surface area (Å²) in [6, 6.07) is 4.13. The van der Waals surface area contributed by atoms with Gasteiger partial charge in [0.15, 0.2) is 17.4 Å². The van der Waals surface area contributed by atoms with Crippen LogP contribution in [0.25, 0.3) is 0 Å². The summed E-state index contributed by atoms with van der Waals surface area (Å²) in [5, 5.41) is 10.4. The third kappa shape index (κ3) is 4.37. The number of carboxylic acid groups (broad SMARTS) is 1. The molecule has 0 fully saturated rings. The zero-order chi connectivity index (χ0) is 17.0. The number of nitrogens with zero attached hydrogens (tertiary/aromatic N) is 1. The van der Waals surface area contributed by atoms with Crippen LogP contribution in [0.15, 0.2) is 30.5 Å². The number of benzene rings is 1. The molecule has 0 spiro atoms. The van der Waals surface area contributed by atoms with Gasteiger partial charge in [0.05, 0.1) is 5.69 Å². The average Bonchev–Trinajstić information content (AvgIpc) is 2.43. The van der Waals surface area contributed by atoms with Crippen LogP contribution >= 0.6 is 0 Å². The zero-order valence-electron chi connectivity index (χ0n) is 11.5. The van der Waals surface area contributed by atoms with Gasteiger partial charge in [0.2, 0.25) is 5.91 Å². The maximum Gasteiger partial charge on any atom is 0.312 e. The molecule has 0 atom stereocenters. The van der Waals surface area contributed by atoms with Crippen LogP contribution in [-0.4, -0.2) is 22.0 Å². The quantitative estimate of drug-likeness (QED) is 0.726. The second-order valence-corrected chi connectivity index (χ2v) is 4.40. The Hall–Kier alpha value is -3.23. The van der Waals surface area contributed by atoms with Crippen LogP contribution in [0.4, 0.5) is 20.3 Å². The molecule has 1 amide bonds. The van der Waals surface area contributed by atoms with E-state index in [1.807, 2.05) is 5.32 Å². The Balaban J connectivity index is 2.20. The summed E-state index contributed by atoms with van der Waals surface area (Å²) in [5.41, 5.74) is 4.95.